The molecule has 0 aliphatic heterocycles. The van der Waals surface area contributed by atoms with E-state index in [0.717, 1.165) is 18.5 Å². The van der Waals surface area contributed by atoms with Gasteiger partial charge in [0.05, 0.1) is 11.0 Å². The van der Waals surface area contributed by atoms with E-state index in [4.69, 9.17) is 4.98 Å². The first-order valence-corrected chi connectivity index (χ1v) is 9.84. The van der Waals surface area contributed by atoms with Gasteiger partial charge < -0.3 is 4.57 Å². The van der Waals surface area contributed by atoms with Gasteiger partial charge in [-0.05, 0) is 53.8 Å². The highest BCUT2D eigenvalue weighted by atomic mass is 15.1. The highest BCUT2D eigenvalue weighted by molar-refractivity contribution is 5.77. The average molecular weight is 354 g/mol. The van der Waals surface area contributed by atoms with Crippen molar-refractivity contribution in [1.29, 1.82) is 0 Å². The number of aromatic nitrogens is 2. The van der Waals surface area contributed by atoms with E-state index in [1.165, 1.54) is 46.4 Å². The molecule has 0 saturated heterocycles. The van der Waals surface area contributed by atoms with E-state index in [9.17, 15) is 0 Å². The van der Waals surface area contributed by atoms with Crippen LogP contribution in [0.2, 0.25) is 0 Å². The molecule has 0 radical (unpaired) electrons. The van der Waals surface area contributed by atoms with Crippen molar-refractivity contribution in [3.8, 4) is 11.1 Å². The van der Waals surface area contributed by atoms with Crippen LogP contribution in [0.25, 0.3) is 22.2 Å². The van der Waals surface area contributed by atoms with Crippen LogP contribution in [0.3, 0.4) is 0 Å². The van der Waals surface area contributed by atoms with Crippen molar-refractivity contribution in [2.24, 2.45) is 0 Å². The van der Waals surface area contributed by atoms with E-state index in [0.29, 0.717) is 0 Å². The lowest BCUT2D eigenvalue weighted by atomic mass is 10.0. The topological polar surface area (TPSA) is 17.8 Å². The molecule has 136 valence electrons. The van der Waals surface area contributed by atoms with E-state index >= 15 is 0 Å². The van der Waals surface area contributed by atoms with Crippen LogP contribution < -0.4 is 0 Å². The molecule has 0 bridgehead atoms. The molecule has 0 aliphatic carbocycles. The third-order valence-electron chi connectivity index (χ3n) is 5.11. The number of aryl methyl sites for hydroxylation is 2. The van der Waals surface area contributed by atoms with Gasteiger partial charge in [0, 0.05) is 13.0 Å². The van der Waals surface area contributed by atoms with Crippen molar-refractivity contribution < 1.29 is 0 Å². The molecular formula is C25H26N2. The van der Waals surface area contributed by atoms with Gasteiger partial charge in [0.15, 0.2) is 0 Å². The standard InChI is InChI=1S/C25H26N2/c1-3-4-13-25-26-23-16-19(2)14-15-24(23)27(25)18-20-9-8-12-22(17-20)21-10-6-5-7-11-21/h5-12,14-17H,3-4,13,18H2,1-2H3. The van der Waals surface area contributed by atoms with Gasteiger partial charge >= 0.3 is 0 Å². The van der Waals surface area contributed by atoms with Crippen molar-refractivity contribution >= 4 is 11.0 Å². The number of imidazole rings is 1. The van der Waals surface area contributed by atoms with Crippen molar-refractivity contribution in [3.63, 3.8) is 0 Å². The lowest BCUT2D eigenvalue weighted by Gasteiger charge is -2.11. The van der Waals surface area contributed by atoms with Crippen molar-refractivity contribution in [3.05, 3.63) is 89.7 Å². The van der Waals surface area contributed by atoms with Gasteiger partial charge in [-0.1, -0.05) is 67.9 Å². The Kier molecular flexibility index (Phi) is 5.06. The smallest absolute Gasteiger partial charge is 0.110 e. The summed E-state index contributed by atoms with van der Waals surface area (Å²) in [6.07, 6.45) is 3.39. The second kappa shape index (κ2) is 7.79. The Morgan fingerprint density at radius 3 is 2.48 bits per heavy atom. The summed E-state index contributed by atoms with van der Waals surface area (Å²) in [4.78, 5) is 4.95. The van der Waals surface area contributed by atoms with Gasteiger partial charge in [0.2, 0.25) is 0 Å². The van der Waals surface area contributed by atoms with Crippen LogP contribution in [0.1, 0.15) is 36.7 Å². The van der Waals surface area contributed by atoms with E-state index < -0.39 is 0 Å². The van der Waals surface area contributed by atoms with Crippen molar-refractivity contribution in [1.82, 2.24) is 9.55 Å². The molecule has 0 atom stereocenters. The van der Waals surface area contributed by atoms with Crippen molar-refractivity contribution in [2.75, 3.05) is 0 Å². The van der Waals surface area contributed by atoms with E-state index in [1.54, 1.807) is 0 Å². The van der Waals surface area contributed by atoms with Crippen LogP contribution in [0.5, 0.6) is 0 Å². The van der Waals surface area contributed by atoms with Gasteiger partial charge in [0.25, 0.3) is 0 Å². The number of fused-ring (bicyclic) bond motifs is 1. The highest BCUT2D eigenvalue weighted by Gasteiger charge is 2.11. The van der Waals surface area contributed by atoms with Crippen LogP contribution >= 0.6 is 0 Å². The van der Waals surface area contributed by atoms with Gasteiger partial charge in [-0.15, -0.1) is 0 Å². The summed E-state index contributed by atoms with van der Waals surface area (Å²) in [5.41, 5.74) is 7.45. The first-order valence-electron chi connectivity index (χ1n) is 9.84. The number of nitrogens with zero attached hydrogens (tertiary/aromatic N) is 2. The summed E-state index contributed by atoms with van der Waals surface area (Å²) in [7, 11) is 0. The van der Waals surface area contributed by atoms with E-state index in [1.807, 2.05) is 0 Å². The SMILES string of the molecule is CCCCc1nc2cc(C)ccc2n1Cc1cccc(-c2ccccc2)c1. The molecule has 2 heteroatoms. The summed E-state index contributed by atoms with van der Waals surface area (Å²) in [5, 5.41) is 0. The minimum Gasteiger partial charge on any atom is -0.323 e. The van der Waals surface area contributed by atoms with Crippen LogP contribution in [-0.4, -0.2) is 9.55 Å². The molecular weight excluding hydrogens is 328 g/mol. The quantitative estimate of drug-likeness (QED) is 0.391. The molecule has 0 spiro atoms. The third-order valence-corrected chi connectivity index (χ3v) is 5.11. The van der Waals surface area contributed by atoms with Crippen LogP contribution in [0, 0.1) is 6.92 Å². The molecule has 0 saturated carbocycles. The summed E-state index contributed by atoms with van der Waals surface area (Å²) in [5.74, 6) is 1.20. The maximum absolute atomic E-state index is 4.95. The molecule has 3 aromatic carbocycles. The van der Waals surface area contributed by atoms with Crippen molar-refractivity contribution in [2.45, 2.75) is 39.7 Å². The largest absolute Gasteiger partial charge is 0.323 e. The Morgan fingerprint density at radius 2 is 1.67 bits per heavy atom. The first kappa shape index (κ1) is 17.5. The predicted octanol–water partition coefficient (Wildman–Crippen LogP) is 6.40. The molecule has 4 aromatic rings. The van der Waals surface area contributed by atoms with E-state index in [-0.39, 0.29) is 0 Å². The Balaban J connectivity index is 1.72. The van der Waals surface area contributed by atoms with Gasteiger partial charge in [-0.3, -0.25) is 0 Å². The molecule has 0 fully saturated rings. The van der Waals surface area contributed by atoms with Crippen LogP contribution in [0.4, 0.5) is 0 Å². The number of benzene rings is 3. The summed E-state index contributed by atoms with van der Waals surface area (Å²) >= 11 is 0. The zero-order valence-electron chi connectivity index (χ0n) is 16.2. The minimum absolute atomic E-state index is 0.860. The molecule has 2 nitrogen and oxygen atoms in total. The average Bonchev–Trinajstić information content (AvgIpc) is 3.03. The molecule has 27 heavy (non-hydrogen) atoms. The highest BCUT2D eigenvalue weighted by Crippen LogP contribution is 2.24. The lowest BCUT2D eigenvalue weighted by molar-refractivity contribution is 0.690. The molecule has 0 unspecified atom stereocenters. The Bertz CT molecular complexity index is 1040. The fourth-order valence-electron chi connectivity index (χ4n) is 3.65. The fourth-order valence-corrected chi connectivity index (χ4v) is 3.65. The Labute approximate surface area is 161 Å². The molecule has 0 aliphatic rings. The van der Waals surface area contributed by atoms with Crippen LogP contribution in [-0.2, 0) is 13.0 Å². The second-order valence-corrected chi connectivity index (χ2v) is 7.28. The normalized spacial score (nSPS) is 11.2. The summed E-state index contributed by atoms with van der Waals surface area (Å²) in [6.45, 7) is 5.23. The number of hydrogen-bond donors (Lipinski definition) is 0. The number of unbranched alkanes of at least 4 members (excludes halogenated alkanes) is 1. The third kappa shape index (κ3) is 3.80. The summed E-state index contributed by atoms with van der Waals surface area (Å²) in [6, 6.07) is 26.1. The molecule has 4 rings (SSSR count). The lowest BCUT2D eigenvalue weighted by Crippen LogP contribution is -2.05. The minimum atomic E-state index is 0.860. The van der Waals surface area contributed by atoms with Gasteiger partial charge in [-0.2, -0.15) is 0 Å². The maximum atomic E-state index is 4.95. The zero-order valence-corrected chi connectivity index (χ0v) is 16.2. The predicted molar refractivity (Wildman–Crippen MR) is 114 cm³/mol. The van der Waals surface area contributed by atoms with Gasteiger partial charge in [0.1, 0.15) is 5.82 Å². The monoisotopic (exact) mass is 354 g/mol. The summed E-state index contributed by atoms with van der Waals surface area (Å²) < 4.78 is 2.40. The molecule has 1 aromatic heterocycles. The molecule has 0 N–H and O–H groups in total. The first-order chi connectivity index (χ1) is 13.2. The Morgan fingerprint density at radius 1 is 0.852 bits per heavy atom. The number of hydrogen-bond acceptors (Lipinski definition) is 1. The maximum Gasteiger partial charge on any atom is 0.110 e. The second-order valence-electron chi connectivity index (χ2n) is 7.28. The Hall–Kier alpha value is -2.87. The zero-order chi connectivity index (χ0) is 18.6. The van der Waals surface area contributed by atoms with E-state index in [2.05, 4.69) is 91.2 Å². The molecule has 0 amide bonds. The molecule has 1 heterocycles. The fraction of sp³-hybridized carbons (Fsp3) is 0.240. The van der Waals surface area contributed by atoms with Gasteiger partial charge in [-0.25, -0.2) is 4.98 Å². The van der Waals surface area contributed by atoms with Crippen LogP contribution in [0.15, 0.2) is 72.8 Å². The number of rotatable bonds is 6.